The first-order chi connectivity index (χ1) is 14.1. The molecule has 2 unspecified atom stereocenters. The Bertz CT molecular complexity index is 648. The molecule has 0 bridgehead atoms. The molecule has 3 nitrogen and oxygen atoms in total. The molecule has 1 aromatic rings. The zero-order chi connectivity index (χ0) is 20.6. The van der Waals surface area contributed by atoms with Gasteiger partial charge in [0.25, 0.3) is 0 Å². The third-order valence-corrected chi connectivity index (χ3v) is 6.39. The molecule has 5 heteroatoms. The Morgan fingerprint density at radius 3 is 2.24 bits per heavy atom. The SMILES string of the molecule is C=CCCC1CCC(C2CCC(COc3ccc(OCC)c(F)c3F)CC2)OC1. The molecule has 3 rings (SSSR count). The van der Waals surface area contributed by atoms with Crippen LogP contribution >= 0.6 is 0 Å². The standard InChI is InChI=1S/C24H34F2O3/c1-3-5-6-17-9-12-20(28-15-17)19-10-7-18(8-11-19)16-29-22-14-13-21(27-4-2)23(25)24(22)26/h3,13-14,17-20H,1,4-12,15-16H2,2H3. The molecule has 1 aliphatic carbocycles. The van der Waals surface area contributed by atoms with Crippen LogP contribution in [0, 0.1) is 29.4 Å². The first-order valence-corrected chi connectivity index (χ1v) is 11.1. The number of benzene rings is 1. The van der Waals surface area contributed by atoms with Crippen molar-refractivity contribution in [2.45, 2.75) is 64.4 Å². The molecule has 1 saturated carbocycles. The van der Waals surface area contributed by atoms with Crippen LogP contribution in [0.15, 0.2) is 24.8 Å². The van der Waals surface area contributed by atoms with Crippen molar-refractivity contribution in [3.05, 3.63) is 36.4 Å². The number of hydrogen-bond acceptors (Lipinski definition) is 3. The molecule has 1 saturated heterocycles. The third-order valence-electron chi connectivity index (χ3n) is 6.39. The van der Waals surface area contributed by atoms with Crippen LogP contribution in [0.3, 0.4) is 0 Å². The number of hydrogen-bond donors (Lipinski definition) is 0. The van der Waals surface area contributed by atoms with Gasteiger partial charge in [-0.3, -0.25) is 0 Å². The van der Waals surface area contributed by atoms with E-state index in [1.165, 1.54) is 25.0 Å². The van der Waals surface area contributed by atoms with E-state index in [4.69, 9.17) is 14.2 Å². The van der Waals surface area contributed by atoms with Gasteiger partial charge in [-0.25, -0.2) is 0 Å². The van der Waals surface area contributed by atoms with E-state index in [-0.39, 0.29) is 11.5 Å². The maximum absolute atomic E-state index is 14.2. The fourth-order valence-corrected chi connectivity index (χ4v) is 4.61. The summed E-state index contributed by atoms with van der Waals surface area (Å²) in [6, 6.07) is 2.88. The monoisotopic (exact) mass is 408 g/mol. The fourth-order valence-electron chi connectivity index (χ4n) is 4.61. The van der Waals surface area contributed by atoms with Gasteiger partial charge in [0.2, 0.25) is 11.6 Å². The molecular formula is C24H34F2O3. The molecule has 0 amide bonds. The molecule has 1 aromatic carbocycles. The fraction of sp³-hybridized carbons (Fsp3) is 0.667. The molecule has 0 spiro atoms. The van der Waals surface area contributed by atoms with Crippen LogP contribution in [0.1, 0.15) is 58.3 Å². The van der Waals surface area contributed by atoms with Gasteiger partial charge in [0, 0.05) is 6.61 Å². The topological polar surface area (TPSA) is 27.7 Å². The summed E-state index contributed by atoms with van der Waals surface area (Å²) in [4.78, 5) is 0. The van der Waals surface area contributed by atoms with Crippen molar-refractivity contribution in [1.82, 2.24) is 0 Å². The lowest BCUT2D eigenvalue weighted by Crippen LogP contribution is -2.34. The highest BCUT2D eigenvalue weighted by molar-refractivity contribution is 5.35. The Morgan fingerprint density at radius 1 is 1.00 bits per heavy atom. The zero-order valence-corrected chi connectivity index (χ0v) is 17.5. The van der Waals surface area contributed by atoms with Gasteiger partial charge in [-0.05, 0) is 88.2 Å². The van der Waals surface area contributed by atoms with Gasteiger partial charge in [-0.2, -0.15) is 8.78 Å². The second kappa shape index (κ2) is 11.0. The molecule has 2 atom stereocenters. The number of rotatable bonds is 9. The predicted octanol–water partition coefficient (Wildman–Crippen LogP) is 6.31. The van der Waals surface area contributed by atoms with Crippen LogP contribution in [0.2, 0.25) is 0 Å². The maximum atomic E-state index is 14.2. The average molecular weight is 409 g/mol. The normalized spacial score (nSPS) is 27.4. The third kappa shape index (κ3) is 5.94. The lowest BCUT2D eigenvalue weighted by atomic mass is 9.77. The molecule has 0 N–H and O–H groups in total. The van der Waals surface area contributed by atoms with Crippen molar-refractivity contribution >= 4 is 0 Å². The summed E-state index contributed by atoms with van der Waals surface area (Å²) in [5.41, 5.74) is 0. The summed E-state index contributed by atoms with van der Waals surface area (Å²) in [5, 5.41) is 0. The van der Waals surface area contributed by atoms with Crippen molar-refractivity contribution in [1.29, 1.82) is 0 Å². The van der Waals surface area contributed by atoms with Gasteiger partial charge in [0.05, 0.1) is 19.3 Å². The highest BCUT2D eigenvalue weighted by atomic mass is 19.2. The summed E-state index contributed by atoms with van der Waals surface area (Å²) in [7, 11) is 0. The summed E-state index contributed by atoms with van der Waals surface area (Å²) in [6.07, 6.45) is 11.4. The second-order valence-electron chi connectivity index (χ2n) is 8.40. The van der Waals surface area contributed by atoms with Crippen LogP contribution < -0.4 is 9.47 Å². The molecule has 2 fully saturated rings. The first-order valence-electron chi connectivity index (χ1n) is 11.1. The molecule has 2 aliphatic rings. The van der Waals surface area contributed by atoms with E-state index in [1.807, 2.05) is 6.08 Å². The van der Waals surface area contributed by atoms with Crippen LogP contribution in [0.25, 0.3) is 0 Å². The largest absolute Gasteiger partial charge is 0.491 e. The molecule has 29 heavy (non-hydrogen) atoms. The number of ether oxygens (including phenoxy) is 3. The summed E-state index contributed by atoms with van der Waals surface area (Å²) in [5.74, 6) is -0.375. The van der Waals surface area contributed by atoms with E-state index < -0.39 is 11.6 Å². The van der Waals surface area contributed by atoms with Crippen molar-refractivity contribution in [3.8, 4) is 11.5 Å². The Hall–Kier alpha value is -1.62. The van der Waals surface area contributed by atoms with E-state index >= 15 is 0 Å². The van der Waals surface area contributed by atoms with Crippen molar-refractivity contribution < 1.29 is 23.0 Å². The minimum Gasteiger partial charge on any atom is -0.491 e. The maximum Gasteiger partial charge on any atom is 0.204 e. The Kier molecular flexibility index (Phi) is 8.34. The molecule has 1 aliphatic heterocycles. The Labute approximate surface area is 173 Å². The van der Waals surface area contributed by atoms with E-state index in [9.17, 15) is 8.78 Å². The van der Waals surface area contributed by atoms with E-state index in [1.54, 1.807) is 6.92 Å². The summed E-state index contributed by atoms with van der Waals surface area (Å²) in [6.45, 7) is 7.13. The van der Waals surface area contributed by atoms with Gasteiger partial charge in [-0.15, -0.1) is 6.58 Å². The molecule has 162 valence electrons. The quantitative estimate of drug-likeness (QED) is 0.448. The average Bonchev–Trinajstić information content (AvgIpc) is 2.76. The van der Waals surface area contributed by atoms with Gasteiger partial charge >= 0.3 is 0 Å². The highest BCUT2D eigenvalue weighted by Crippen LogP contribution is 2.37. The van der Waals surface area contributed by atoms with E-state index in [0.717, 1.165) is 45.1 Å². The lowest BCUT2D eigenvalue weighted by Gasteiger charge is -2.37. The van der Waals surface area contributed by atoms with Gasteiger partial charge in [0.15, 0.2) is 11.5 Å². The van der Waals surface area contributed by atoms with Gasteiger partial charge in [-0.1, -0.05) is 6.08 Å². The van der Waals surface area contributed by atoms with Crippen LogP contribution in [-0.2, 0) is 4.74 Å². The first kappa shape index (κ1) is 22.1. The van der Waals surface area contributed by atoms with Crippen molar-refractivity contribution in [2.75, 3.05) is 19.8 Å². The molecule has 1 heterocycles. The smallest absolute Gasteiger partial charge is 0.204 e. The lowest BCUT2D eigenvalue weighted by molar-refractivity contribution is -0.0602. The number of allylic oxidation sites excluding steroid dienone is 1. The van der Waals surface area contributed by atoms with Crippen LogP contribution in [0.4, 0.5) is 8.78 Å². The molecule has 0 radical (unpaired) electrons. The second-order valence-corrected chi connectivity index (χ2v) is 8.40. The Balaban J connectivity index is 1.40. The highest BCUT2D eigenvalue weighted by Gasteiger charge is 2.31. The molecule has 0 aromatic heterocycles. The van der Waals surface area contributed by atoms with Crippen molar-refractivity contribution in [2.24, 2.45) is 17.8 Å². The van der Waals surface area contributed by atoms with E-state index in [2.05, 4.69) is 6.58 Å². The predicted molar refractivity (Wildman–Crippen MR) is 110 cm³/mol. The van der Waals surface area contributed by atoms with E-state index in [0.29, 0.717) is 37.1 Å². The van der Waals surface area contributed by atoms with Gasteiger partial charge < -0.3 is 14.2 Å². The minimum absolute atomic E-state index is 0.0331. The Morgan fingerprint density at radius 2 is 1.66 bits per heavy atom. The van der Waals surface area contributed by atoms with Gasteiger partial charge in [0.1, 0.15) is 0 Å². The van der Waals surface area contributed by atoms with Crippen LogP contribution in [-0.4, -0.2) is 25.9 Å². The molecular weight excluding hydrogens is 374 g/mol. The van der Waals surface area contributed by atoms with Crippen LogP contribution in [0.5, 0.6) is 11.5 Å². The zero-order valence-electron chi connectivity index (χ0n) is 17.5. The number of halogens is 2. The van der Waals surface area contributed by atoms with Crippen molar-refractivity contribution in [3.63, 3.8) is 0 Å². The summed E-state index contributed by atoms with van der Waals surface area (Å²) < 4.78 is 45.0. The minimum atomic E-state index is -0.978. The summed E-state index contributed by atoms with van der Waals surface area (Å²) >= 11 is 0.